The first-order valence-corrected chi connectivity index (χ1v) is 8.12. The monoisotopic (exact) mass is 322 g/mol. The molecule has 0 atom stereocenters. The number of nitrogens with one attached hydrogen (secondary N) is 1. The van der Waals surface area contributed by atoms with Crippen LogP contribution < -0.4 is 5.32 Å². The minimum absolute atomic E-state index is 0.180. The molecule has 0 spiro atoms. The first kappa shape index (κ1) is 15.1. The van der Waals surface area contributed by atoms with Crippen LogP contribution in [0.5, 0.6) is 0 Å². The number of halogens is 2. The molecule has 2 rings (SSSR count). The second-order valence-electron chi connectivity index (χ2n) is 5.23. The maximum atomic E-state index is 12.5. The molecule has 1 saturated heterocycles. The average Bonchev–Trinajstić information content (AvgIpc) is 2.31. The highest BCUT2D eigenvalue weighted by Gasteiger charge is 2.33. The molecule has 0 aromatic heterocycles. The molecule has 7 heteroatoms. The van der Waals surface area contributed by atoms with Gasteiger partial charge in [0, 0.05) is 25.2 Å². The molecule has 0 unspecified atom stereocenters. The van der Waals surface area contributed by atoms with Gasteiger partial charge in [-0.25, -0.2) is 8.42 Å². The van der Waals surface area contributed by atoms with Crippen molar-refractivity contribution < 1.29 is 8.42 Å². The topological polar surface area (TPSA) is 49.4 Å². The molecule has 1 aliphatic heterocycles. The molecule has 1 fully saturated rings. The minimum atomic E-state index is -3.52. The van der Waals surface area contributed by atoms with Crippen molar-refractivity contribution in [2.24, 2.45) is 0 Å². The van der Waals surface area contributed by atoms with E-state index in [0.717, 1.165) is 0 Å². The van der Waals surface area contributed by atoms with Gasteiger partial charge in [0.15, 0.2) is 0 Å². The van der Waals surface area contributed by atoms with Gasteiger partial charge < -0.3 is 5.32 Å². The molecule has 0 aliphatic carbocycles. The molecule has 19 heavy (non-hydrogen) atoms. The Morgan fingerprint density at radius 3 is 2.53 bits per heavy atom. The summed E-state index contributed by atoms with van der Waals surface area (Å²) >= 11 is 11.7. The van der Waals surface area contributed by atoms with Crippen molar-refractivity contribution in [2.75, 3.05) is 19.6 Å². The van der Waals surface area contributed by atoms with Crippen LogP contribution in [0.25, 0.3) is 0 Å². The molecule has 1 aromatic rings. The first-order chi connectivity index (χ1) is 8.72. The lowest BCUT2D eigenvalue weighted by molar-refractivity contribution is 0.233. The molecule has 0 radical (unpaired) electrons. The van der Waals surface area contributed by atoms with E-state index in [1.54, 1.807) is 0 Å². The van der Waals surface area contributed by atoms with Gasteiger partial charge in [-0.05, 0) is 32.0 Å². The van der Waals surface area contributed by atoms with Gasteiger partial charge in [-0.2, -0.15) is 4.31 Å². The highest BCUT2D eigenvalue weighted by Crippen LogP contribution is 2.27. The van der Waals surface area contributed by atoms with Gasteiger partial charge in [-0.15, -0.1) is 0 Å². The largest absolute Gasteiger partial charge is 0.309 e. The van der Waals surface area contributed by atoms with E-state index in [4.69, 9.17) is 23.2 Å². The summed E-state index contributed by atoms with van der Waals surface area (Å²) in [7, 11) is -3.52. The van der Waals surface area contributed by atoms with Gasteiger partial charge >= 0.3 is 0 Å². The van der Waals surface area contributed by atoms with Gasteiger partial charge in [0.05, 0.1) is 14.9 Å². The standard InChI is InChI=1S/C12H16Cl2N2O2S/c1-12(2)8-16(6-5-15-12)19(17,18)9-3-4-10(13)11(14)7-9/h3-4,7,15H,5-6,8H2,1-2H3. The Morgan fingerprint density at radius 1 is 1.26 bits per heavy atom. The molecule has 0 bridgehead atoms. The summed E-state index contributed by atoms with van der Waals surface area (Å²) in [6.45, 7) is 5.46. The van der Waals surface area contributed by atoms with E-state index in [1.807, 2.05) is 13.8 Å². The van der Waals surface area contributed by atoms with Crippen molar-refractivity contribution in [1.82, 2.24) is 9.62 Å². The lowest BCUT2D eigenvalue weighted by atomic mass is 10.0. The Hall–Kier alpha value is -0.330. The van der Waals surface area contributed by atoms with E-state index in [1.165, 1.54) is 22.5 Å². The Bertz CT molecular complexity index is 587. The van der Waals surface area contributed by atoms with Crippen molar-refractivity contribution >= 4 is 33.2 Å². The predicted molar refractivity (Wildman–Crippen MR) is 77.3 cm³/mol. The number of hydrogen-bond donors (Lipinski definition) is 1. The van der Waals surface area contributed by atoms with Crippen LogP contribution in [0.2, 0.25) is 10.0 Å². The summed E-state index contributed by atoms with van der Waals surface area (Å²) in [6, 6.07) is 4.39. The van der Waals surface area contributed by atoms with Crippen LogP contribution in [0.15, 0.2) is 23.1 Å². The van der Waals surface area contributed by atoms with Crippen molar-refractivity contribution in [2.45, 2.75) is 24.3 Å². The highest BCUT2D eigenvalue weighted by molar-refractivity contribution is 7.89. The van der Waals surface area contributed by atoms with Crippen molar-refractivity contribution in [3.8, 4) is 0 Å². The van der Waals surface area contributed by atoms with E-state index in [-0.39, 0.29) is 15.5 Å². The van der Waals surface area contributed by atoms with Crippen LogP contribution in [-0.4, -0.2) is 37.9 Å². The molecule has 1 aromatic carbocycles. The SMILES string of the molecule is CC1(C)CN(S(=O)(=O)c2ccc(Cl)c(Cl)c2)CCN1. The normalized spacial score (nSPS) is 20.4. The molecule has 106 valence electrons. The van der Waals surface area contributed by atoms with E-state index in [0.29, 0.717) is 24.7 Å². The molecule has 0 saturated carbocycles. The Morgan fingerprint density at radius 2 is 1.95 bits per heavy atom. The number of rotatable bonds is 2. The summed E-state index contributed by atoms with van der Waals surface area (Å²) in [5.74, 6) is 0. The van der Waals surface area contributed by atoms with E-state index >= 15 is 0 Å². The Labute approximate surface area is 123 Å². The summed E-state index contributed by atoms with van der Waals surface area (Å²) in [6.07, 6.45) is 0. The van der Waals surface area contributed by atoms with Crippen molar-refractivity contribution in [3.63, 3.8) is 0 Å². The van der Waals surface area contributed by atoms with Crippen LogP contribution in [0.4, 0.5) is 0 Å². The van der Waals surface area contributed by atoms with Crippen LogP contribution >= 0.6 is 23.2 Å². The summed E-state index contributed by atoms with van der Waals surface area (Å²) in [4.78, 5) is 0.180. The number of sulfonamides is 1. The summed E-state index contributed by atoms with van der Waals surface area (Å²) in [5.41, 5.74) is -0.235. The summed E-state index contributed by atoms with van der Waals surface area (Å²) in [5, 5.41) is 3.87. The van der Waals surface area contributed by atoms with Gasteiger partial charge in [-0.3, -0.25) is 0 Å². The van der Waals surface area contributed by atoms with E-state index < -0.39 is 10.0 Å². The zero-order valence-electron chi connectivity index (χ0n) is 10.8. The van der Waals surface area contributed by atoms with Gasteiger partial charge in [-0.1, -0.05) is 23.2 Å². The maximum absolute atomic E-state index is 12.5. The second-order valence-corrected chi connectivity index (χ2v) is 7.98. The Balaban J connectivity index is 2.34. The smallest absolute Gasteiger partial charge is 0.243 e. The van der Waals surface area contributed by atoms with Crippen LogP contribution in [0, 0.1) is 0 Å². The van der Waals surface area contributed by atoms with Crippen LogP contribution in [0.3, 0.4) is 0 Å². The molecule has 1 heterocycles. The number of benzene rings is 1. The minimum Gasteiger partial charge on any atom is -0.309 e. The third-order valence-electron chi connectivity index (χ3n) is 3.07. The molecule has 0 amide bonds. The molecular formula is C12H16Cl2N2O2S. The van der Waals surface area contributed by atoms with Crippen LogP contribution in [-0.2, 0) is 10.0 Å². The first-order valence-electron chi connectivity index (χ1n) is 5.93. The van der Waals surface area contributed by atoms with Crippen molar-refractivity contribution in [3.05, 3.63) is 28.2 Å². The summed E-state index contributed by atoms with van der Waals surface area (Å²) < 4.78 is 26.5. The van der Waals surface area contributed by atoms with E-state index in [9.17, 15) is 8.42 Å². The van der Waals surface area contributed by atoms with Gasteiger partial charge in [0.2, 0.25) is 10.0 Å². The van der Waals surface area contributed by atoms with Crippen molar-refractivity contribution in [1.29, 1.82) is 0 Å². The predicted octanol–water partition coefficient (Wildman–Crippen LogP) is 2.37. The fraction of sp³-hybridized carbons (Fsp3) is 0.500. The molecule has 1 N–H and O–H groups in total. The molecular weight excluding hydrogens is 307 g/mol. The van der Waals surface area contributed by atoms with Gasteiger partial charge in [0.25, 0.3) is 0 Å². The van der Waals surface area contributed by atoms with E-state index in [2.05, 4.69) is 5.32 Å². The highest BCUT2D eigenvalue weighted by atomic mass is 35.5. The third kappa shape index (κ3) is 3.23. The zero-order valence-corrected chi connectivity index (χ0v) is 13.1. The molecule has 1 aliphatic rings. The van der Waals surface area contributed by atoms with Gasteiger partial charge in [0.1, 0.15) is 0 Å². The quantitative estimate of drug-likeness (QED) is 0.909. The number of hydrogen-bond acceptors (Lipinski definition) is 3. The molecule has 4 nitrogen and oxygen atoms in total. The fourth-order valence-electron chi connectivity index (χ4n) is 2.09. The number of nitrogens with zero attached hydrogens (tertiary/aromatic N) is 1. The second kappa shape index (κ2) is 5.22. The Kier molecular flexibility index (Phi) is 4.14. The third-order valence-corrected chi connectivity index (χ3v) is 5.65. The lowest BCUT2D eigenvalue weighted by Gasteiger charge is -2.38. The average molecular weight is 323 g/mol. The van der Waals surface area contributed by atoms with Crippen LogP contribution in [0.1, 0.15) is 13.8 Å². The number of piperazine rings is 1. The fourth-order valence-corrected chi connectivity index (χ4v) is 4.08. The zero-order chi connectivity index (χ0) is 14.3. The lowest BCUT2D eigenvalue weighted by Crippen LogP contribution is -2.58. The maximum Gasteiger partial charge on any atom is 0.243 e.